The van der Waals surface area contributed by atoms with Gasteiger partial charge in [-0.25, -0.2) is 0 Å². The number of benzene rings is 2. The lowest BCUT2D eigenvalue weighted by atomic mass is 9.99. The number of unbranched alkanes of at least 4 members (excludes halogenated alkanes) is 4. The fraction of sp³-hybridized carbons (Fsp3) is 0.478. The fourth-order valence-corrected chi connectivity index (χ4v) is 4.76. The van der Waals surface area contributed by atoms with Crippen molar-refractivity contribution < 1.29 is 0 Å². The molecule has 2 aromatic rings. The maximum atomic E-state index is 3.58. The number of hydrogen-bond acceptors (Lipinski definition) is 0. The molecule has 2 aromatic carbocycles. The van der Waals surface area contributed by atoms with E-state index in [4.69, 9.17) is 0 Å². The summed E-state index contributed by atoms with van der Waals surface area (Å²) in [4.78, 5) is 0. The Morgan fingerprint density at radius 2 is 0.630 bits per heavy atom. The lowest BCUT2D eigenvalue weighted by Gasteiger charge is -2.08. The highest BCUT2D eigenvalue weighted by molar-refractivity contribution is 9.09. The van der Waals surface area contributed by atoms with Crippen molar-refractivity contribution in [3.8, 4) is 0 Å². The van der Waals surface area contributed by atoms with Gasteiger partial charge < -0.3 is 0 Å². The Morgan fingerprint density at radius 3 is 0.926 bits per heavy atom. The molecule has 0 spiro atoms. The minimum Gasteiger partial charge on any atom is -0.0876 e. The quantitative estimate of drug-likeness (QED) is 0.164. The molecular formula is C23H28Br4. The van der Waals surface area contributed by atoms with Crippen molar-refractivity contribution in [2.75, 3.05) is 0 Å². The first-order chi connectivity index (χ1) is 13.2. The molecule has 0 unspecified atom stereocenters. The minimum absolute atomic E-state index is 0.938. The van der Waals surface area contributed by atoms with Crippen LogP contribution in [0.1, 0.15) is 65.5 Å². The summed E-state index contributed by atoms with van der Waals surface area (Å²) in [6.07, 6.45) is 8.98. The molecule has 0 nitrogen and oxygen atoms in total. The second-order valence-corrected chi connectivity index (χ2v) is 9.36. The molecule has 0 heterocycles. The third-order valence-corrected chi connectivity index (χ3v) is 7.36. The van der Waals surface area contributed by atoms with Crippen LogP contribution in [0.4, 0.5) is 0 Å². The van der Waals surface area contributed by atoms with Crippen LogP contribution >= 0.6 is 63.7 Å². The molecule has 0 saturated carbocycles. The highest BCUT2D eigenvalue weighted by atomic mass is 79.9. The van der Waals surface area contributed by atoms with Crippen LogP contribution < -0.4 is 0 Å². The molecule has 148 valence electrons. The average Bonchev–Trinajstić information content (AvgIpc) is 2.72. The first-order valence-electron chi connectivity index (χ1n) is 9.65. The summed E-state index contributed by atoms with van der Waals surface area (Å²) in [7, 11) is 0. The predicted molar refractivity (Wildman–Crippen MR) is 134 cm³/mol. The maximum Gasteiger partial charge on any atom is 0.0283 e. The van der Waals surface area contributed by atoms with Gasteiger partial charge >= 0.3 is 0 Å². The van der Waals surface area contributed by atoms with Gasteiger partial charge in [-0.15, -0.1) is 0 Å². The first kappa shape index (κ1) is 23.6. The van der Waals surface area contributed by atoms with Gasteiger partial charge in [0.05, 0.1) is 0 Å². The van der Waals surface area contributed by atoms with E-state index in [-0.39, 0.29) is 0 Å². The van der Waals surface area contributed by atoms with E-state index >= 15 is 0 Å². The van der Waals surface area contributed by atoms with E-state index in [0.29, 0.717) is 0 Å². The number of hydrogen-bond donors (Lipinski definition) is 0. The Balaban J connectivity index is 1.68. The number of halogens is 4. The Kier molecular flexibility index (Phi) is 11.9. The van der Waals surface area contributed by atoms with Gasteiger partial charge in [0.25, 0.3) is 0 Å². The van der Waals surface area contributed by atoms with Crippen LogP contribution in [0.3, 0.4) is 0 Å². The number of aryl methyl sites for hydroxylation is 2. The van der Waals surface area contributed by atoms with Crippen molar-refractivity contribution in [2.45, 2.75) is 66.3 Å². The Morgan fingerprint density at radius 1 is 0.370 bits per heavy atom. The summed E-state index contributed by atoms with van der Waals surface area (Å²) in [5.41, 5.74) is 8.50. The van der Waals surface area contributed by atoms with Crippen molar-refractivity contribution in [2.24, 2.45) is 0 Å². The van der Waals surface area contributed by atoms with Crippen LogP contribution in [0, 0.1) is 0 Å². The monoisotopic (exact) mass is 620 g/mol. The molecule has 27 heavy (non-hydrogen) atoms. The Labute approximate surface area is 198 Å². The zero-order valence-corrected chi connectivity index (χ0v) is 22.1. The van der Waals surface area contributed by atoms with Crippen LogP contribution in [-0.4, -0.2) is 0 Å². The smallest absolute Gasteiger partial charge is 0.0283 e. The number of alkyl halides is 4. The van der Waals surface area contributed by atoms with Gasteiger partial charge in [0.2, 0.25) is 0 Å². The molecule has 0 aliphatic heterocycles. The maximum absolute atomic E-state index is 3.58. The van der Waals surface area contributed by atoms with Gasteiger partial charge in [-0.3, -0.25) is 0 Å². The molecule has 0 aliphatic carbocycles. The summed E-state index contributed by atoms with van der Waals surface area (Å²) in [5.74, 6) is 0. The summed E-state index contributed by atoms with van der Waals surface area (Å²) in [6.45, 7) is 0. The molecule has 0 aromatic heterocycles. The highest BCUT2D eigenvalue weighted by Crippen LogP contribution is 2.20. The van der Waals surface area contributed by atoms with Crippen LogP contribution in [0.25, 0.3) is 0 Å². The van der Waals surface area contributed by atoms with E-state index in [0.717, 1.165) is 21.3 Å². The normalized spacial score (nSPS) is 11.1. The van der Waals surface area contributed by atoms with E-state index in [1.54, 1.807) is 0 Å². The van der Waals surface area contributed by atoms with E-state index in [1.165, 1.54) is 78.3 Å². The van der Waals surface area contributed by atoms with Crippen molar-refractivity contribution >= 4 is 63.7 Å². The predicted octanol–water partition coefficient (Wildman–Crippen LogP) is 9.00. The molecule has 0 saturated heterocycles. The minimum atomic E-state index is 0.938. The molecule has 0 aliphatic rings. The van der Waals surface area contributed by atoms with Crippen LogP contribution in [0.2, 0.25) is 0 Å². The standard InChI is InChI=1S/C23H28Br4/c24-14-20-8-18(9-21(12-20)15-25)6-4-2-1-3-5-7-19-10-22(16-26)13-23(11-19)17-27/h8-13H,1-7,14-17H2. The van der Waals surface area contributed by atoms with Gasteiger partial charge in [0.15, 0.2) is 0 Å². The van der Waals surface area contributed by atoms with Crippen LogP contribution in [-0.2, 0) is 34.2 Å². The van der Waals surface area contributed by atoms with Crippen molar-refractivity contribution in [3.63, 3.8) is 0 Å². The SMILES string of the molecule is BrCc1cc(CBr)cc(CCCCCCCc2cc(CBr)cc(CBr)c2)c1. The van der Waals surface area contributed by atoms with Crippen molar-refractivity contribution in [1.29, 1.82) is 0 Å². The fourth-order valence-electron chi connectivity index (χ4n) is 3.46. The third kappa shape index (κ3) is 8.72. The lowest BCUT2D eigenvalue weighted by Crippen LogP contribution is -1.93. The van der Waals surface area contributed by atoms with Gasteiger partial charge in [-0.1, -0.05) is 119 Å². The summed E-state index contributed by atoms with van der Waals surface area (Å²) in [6, 6.07) is 13.9. The van der Waals surface area contributed by atoms with Crippen LogP contribution in [0.15, 0.2) is 36.4 Å². The molecule has 0 radical (unpaired) electrons. The summed E-state index contributed by atoms with van der Waals surface area (Å²) < 4.78 is 0. The van der Waals surface area contributed by atoms with E-state index < -0.39 is 0 Å². The topological polar surface area (TPSA) is 0 Å². The van der Waals surface area contributed by atoms with Crippen LogP contribution in [0.5, 0.6) is 0 Å². The lowest BCUT2D eigenvalue weighted by molar-refractivity contribution is 0.613. The molecule has 0 bridgehead atoms. The first-order valence-corrected chi connectivity index (χ1v) is 14.1. The highest BCUT2D eigenvalue weighted by Gasteiger charge is 2.02. The van der Waals surface area contributed by atoms with E-state index in [9.17, 15) is 0 Å². The van der Waals surface area contributed by atoms with Crippen molar-refractivity contribution in [1.82, 2.24) is 0 Å². The third-order valence-electron chi connectivity index (χ3n) is 4.77. The van der Waals surface area contributed by atoms with Gasteiger partial charge in [0.1, 0.15) is 0 Å². The van der Waals surface area contributed by atoms with E-state index in [1.807, 2.05) is 0 Å². The second-order valence-electron chi connectivity index (χ2n) is 7.12. The van der Waals surface area contributed by atoms with Gasteiger partial charge in [0, 0.05) is 21.3 Å². The zero-order valence-electron chi connectivity index (χ0n) is 15.8. The average molecular weight is 624 g/mol. The number of rotatable bonds is 12. The molecule has 0 amide bonds. The Bertz CT molecular complexity index is 593. The molecule has 0 atom stereocenters. The van der Waals surface area contributed by atoms with Gasteiger partial charge in [-0.05, 0) is 59.1 Å². The largest absolute Gasteiger partial charge is 0.0876 e. The van der Waals surface area contributed by atoms with Crippen molar-refractivity contribution in [3.05, 3.63) is 69.8 Å². The second kappa shape index (κ2) is 13.6. The zero-order chi connectivity index (χ0) is 19.5. The summed E-state index contributed by atoms with van der Waals surface area (Å²) >= 11 is 14.3. The molecule has 4 heteroatoms. The molecule has 0 N–H and O–H groups in total. The van der Waals surface area contributed by atoms with E-state index in [2.05, 4.69) is 100 Å². The van der Waals surface area contributed by atoms with Gasteiger partial charge in [-0.2, -0.15) is 0 Å². The molecular weight excluding hydrogens is 596 g/mol. The molecule has 0 fully saturated rings. The Hall–Kier alpha value is 0.360. The summed E-state index contributed by atoms with van der Waals surface area (Å²) in [5, 5.41) is 3.75. The molecule has 2 rings (SSSR count).